The zero-order valence-corrected chi connectivity index (χ0v) is 24.4. The number of rotatable bonds is 11. The lowest BCUT2D eigenvalue weighted by atomic mass is 10.1. The average Bonchev–Trinajstić information content (AvgIpc) is 3.01. The first-order valence-electron chi connectivity index (χ1n) is 12.8. The first-order chi connectivity index (χ1) is 20.7. The van der Waals surface area contributed by atoms with Gasteiger partial charge in [-0.25, -0.2) is 4.79 Å². The van der Waals surface area contributed by atoms with E-state index in [-0.39, 0.29) is 27.9 Å². The maximum atomic E-state index is 13.3. The summed E-state index contributed by atoms with van der Waals surface area (Å²) >= 11 is 7.11. The molecule has 0 aliphatic rings. The molecule has 4 aromatic carbocycles. The van der Waals surface area contributed by atoms with Crippen molar-refractivity contribution in [1.82, 2.24) is 5.32 Å². The number of thioether (sulfide) groups is 1. The van der Waals surface area contributed by atoms with Crippen molar-refractivity contribution in [3.8, 4) is 5.75 Å². The maximum absolute atomic E-state index is 13.3. The van der Waals surface area contributed by atoms with E-state index in [2.05, 4.69) is 16.0 Å². The van der Waals surface area contributed by atoms with Gasteiger partial charge in [-0.1, -0.05) is 48.0 Å². The molecule has 0 radical (unpaired) electrons. The van der Waals surface area contributed by atoms with E-state index in [0.29, 0.717) is 33.1 Å². The van der Waals surface area contributed by atoms with Crippen LogP contribution in [0.15, 0.2) is 108 Å². The standard InChI is InChI=1S/C32H26ClN3O6S/c1-42-24-13-10-20(11-14-24)16-28(36-30(38)21-6-3-2-4-7-21)31(39)35-22-8-5-9-25(17-22)43-19-29(37)34-23-12-15-27(33)26(18-23)32(40)41/h2-18H,19H2,1H3,(H,34,37)(H,35,39)(H,36,38)(H,40,41)/b28-16+. The lowest BCUT2D eigenvalue weighted by molar-refractivity contribution is -0.114. The molecule has 0 aliphatic heterocycles. The van der Waals surface area contributed by atoms with Crippen molar-refractivity contribution >= 4 is 64.5 Å². The quantitative estimate of drug-likeness (QED) is 0.117. The van der Waals surface area contributed by atoms with Gasteiger partial charge >= 0.3 is 5.97 Å². The molecule has 0 aliphatic carbocycles. The van der Waals surface area contributed by atoms with Crippen LogP contribution >= 0.6 is 23.4 Å². The molecular formula is C32H26ClN3O6S. The number of carbonyl (C=O) groups is 4. The first-order valence-corrected chi connectivity index (χ1v) is 14.2. The number of carbonyl (C=O) groups excluding carboxylic acids is 3. The number of ether oxygens (including phenoxy) is 1. The van der Waals surface area contributed by atoms with Crippen LogP contribution in [0.3, 0.4) is 0 Å². The van der Waals surface area contributed by atoms with Gasteiger partial charge in [0, 0.05) is 21.8 Å². The maximum Gasteiger partial charge on any atom is 0.337 e. The molecule has 9 nitrogen and oxygen atoms in total. The van der Waals surface area contributed by atoms with Gasteiger partial charge in [0.05, 0.1) is 23.4 Å². The van der Waals surface area contributed by atoms with Crippen molar-refractivity contribution in [3.63, 3.8) is 0 Å². The van der Waals surface area contributed by atoms with Crippen LogP contribution in [0.2, 0.25) is 5.02 Å². The number of amides is 3. The van der Waals surface area contributed by atoms with Crippen molar-refractivity contribution in [1.29, 1.82) is 0 Å². The Kier molecular flexibility index (Phi) is 10.6. The molecule has 0 saturated heterocycles. The number of hydrogen-bond acceptors (Lipinski definition) is 6. The minimum atomic E-state index is -1.20. The molecule has 0 bridgehead atoms. The summed E-state index contributed by atoms with van der Waals surface area (Å²) in [6.07, 6.45) is 1.56. The monoisotopic (exact) mass is 615 g/mol. The summed E-state index contributed by atoms with van der Waals surface area (Å²) in [6.45, 7) is 0. The Morgan fingerprint density at radius 2 is 1.58 bits per heavy atom. The van der Waals surface area contributed by atoms with Gasteiger partial charge in [0.2, 0.25) is 5.91 Å². The van der Waals surface area contributed by atoms with Gasteiger partial charge in [-0.15, -0.1) is 11.8 Å². The van der Waals surface area contributed by atoms with Gasteiger partial charge in [-0.3, -0.25) is 14.4 Å². The Morgan fingerprint density at radius 1 is 0.860 bits per heavy atom. The molecule has 0 aromatic heterocycles. The highest BCUT2D eigenvalue weighted by molar-refractivity contribution is 8.00. The van der Waals surface area contributed by atoms with Crippen LogP contribution in [0.5, 0.6) is 5.75 Å². The lowest BCUT2D eigenvalue weighted by Gasteiger charge is -2.12. The largest absolute Gasteiger partial charge is 0.497 e. The van der Waals surface area contributed by atoms with Gasteiger partial charge in [-0.05, 0) is 72.3 Å². The summed E-state index contributed by atoms with van der Waals surface area (Å²) in [5, 5.41) is 17.4. The predicted octanol–water partition coefficient (Wildman–Crippen LogP) is 6.19. The molecule has 0 atom stereocenters. The number of methoxy groups -OCH3 is 1. The molecule has 0 spiro atoms. The Morgan fingerprint density at radius 3 is 2.28 bits per heavy atom. The van der Waals surface area contributed by atoms with Crippen LogP contribution in [0.1, 0.15) is 26.3 Å². The molecule has 0 heterocycles. The fraction of sp³-hybridized carbons (Fsp3) is 0.0625. The third-order valence-corrected chi connectivity index (χ3v) is 7.22. The van der Waals surface area contributed by atoms with Crippen molar-refractivity contribution in [2.75, 3.05) is 23.5 Å². The molecule has 4 aromatic rings. The van der Waals surface area contributed by atoms with Gasteiger partial charge in [0.25, 0.3) is 11.8 Å². The predicted molar refractivity (Wildman–Crippen MR) is 168 cm³/mol. The highest BCUT2D eigenvalue weighted by atomic mass is 35.5. The van der Waals surface area contributed by atoms with E-state index < -0.39 is 17.8 Å². The summed E-state index contributed by atoms with van der Waals surface area (Å²) in [4.78, 5) is 50.7. The second kappa shape index (κ2) is 14.7. The number of carboxylic acid groups (broad SMARTS) is 1. The molecule has 0 fully saturated rings. The topological polar surface area (TPSA) is 134 Å². The minimum Gasteiger partial charge on any atom is -0.497 e. The highest BCUT2D eigenvalue weighted by Crippen LogP contribution is 2.24. The van der Waals surface area contributed by atoms with Crippen LogP contribution in [-0.2, 0) is 9.59 Å². The summed E-state index contributed by atoms with van der Waals surface area (Å²) < 4.78 is 5.19. The molecule has 4 rings (SSSR count). The van der Waals surface area contributed by atoms with Crippen LogP contribution in [0, 0.1) is 0 Å². The summed E-state index contributed by atoms with van der Waals surface area (Å²) in [5.74, 6) is -1.86. The molecule has 0 saturated carbocycles. The second-order valence-corrected chi connectivity index (χ2v) is 10.4. The molecule has 43 heavy (non-hydrogen) atoms. The van der Waals surface area contributed by atoms with E-state index in [1.165, 1.54) is 30.0 Å². The second-order valence-electron chi connectivity index (χ2n) is 8.97. The molecule has 11 heteroatoms. The van der Waals surface area contributed by atoms with Crippen LogP contribution in [0.25, 0.3) is 6.08 Å². The average molecular weight is 616 g/mol. The van der Waals surface area contributed by atoms with Crippen LogP contribution in [-0.4, -0.2) is 41.7 Å². The normalized spacial score (nSPS) is 10.9. The Balaban J connectivity index is 1.44. The van der Waals surface area contributed by atoms with Crippen molar-refractivity contribution in [3.05, 3.63) is 124 Å². The highest BCUT2D eigenvalue weighted by Gasteiger charge is 2.16. The van der Waals surface area contributed by atoms with Crippen molar-refractivity contribution in [2.24, 2.45) is 0 Å². The number of aromatic carboxylic acids is 1. The number of halogens is 1. The molecule has 218 valence electrons. The fourth-order valence-electron chi connectivity index (χ4n) is 3.78. The zero-order valence-electron chi connectivity index (χ0n) is 22.8. The van der Waals surface area contributed by atoms with Crippen LogP contribution in [0.4, 0.5) is 11.4 Å². The Labute approximate surface area is 256 Å². The Bertz CT molecular complexity index is 1680. The van der Waals surface area contributed by atoms with Crippen molar-refractivity contribution < 1.29 is 29.0 Å². The van der Waals surface area contributed by atoms with Crippen LogP contribution < -0.4 is 20.7 Å². The minimum absolute atomic E-state index is 0.0260. The van der Waals surface area contributed by atoms with E-state index in [1.807, 2.05) is 0 Å². The van der Waals surface area contributed by atoms with E-state index in [4.69, 9.17) is 16.3 Å². The fourth-order valence-corrected chi connectivity index (χ4v) is 4.74. The molecular weight excluding hydrogens is 590 g/mol. The zero-order chi connectivity index (χ0) is 30.8. The smallest absolute Gasteiger partial charge is 0.337 e. The lowest BCUT2D eigenvalue weighted by Crippen LogP contribution is -2.30. The summed E-state index contributed by atoms with van der Waals surface area (Å²) in [5.41, 5.74) is 1.74. The van der Waals surface area contributed by atoms with E-state index in [0.717, 1.165) is 0 Å². The number of benzene rings is 4. The van der Waals surface area contributed by atoms with Gasteiger partial charge in [-0.2, -0.15) is 0 Å². The van der Waals surface area contributed by atoms with Crippen molar-refractivity contribution in [2.45, 2.75) is 4.90 Å². The Hall–Kier alpha value is -5.06. The van der Waals surface area contributed by atoms with Gasteiger partial charge < -0.3 is 25.8 Å². The third kappa shape index (κ3) is 8.96. The summed E-state index contributed by atoms with van der Waals surface area (Å²) in [7, 11) is 1.55. The molecule has 4 N–H and O–H groups in total. The van der Waals surface area contributed by atoms with Gasteiger partial charge in [0.15, 0.2) is 0 Å². The number of anilines is 2. The number of hydrogen-bond donors (Lipinski definition) is 4. The molecule has 0 unspecified atom stereocenters. The summed E-state index contributed by atoms with van der Waals surface area (Å²) in [6, 6.07) is 26.7. The SMILES string of the molecule is COc1ccc(/C=C(/NC(=O)c2ccccc2)C(=O)Nc2cccc(SCC(=O)Nc3ccc(Cl)c(C(=O)O)c3)c2)cc1. The number of nitrogens with one attached hydrogen (secondary N) is 3. The van der Waals surface area contributed by atoms with E-state index in [9.17, 15) is 24.3 Å². The van der Waals surface area contributed by atoms with Gasteiger partial charge in [0.1, 0.15) is 11.4 Å². The van der Waals surface area contributed by atoms with E-state index in [1.54, 1.807) is 92.0 Å². The molecule has 3 amide bonds. The third-order valence-electron chi connectivity index (χ3n) is 5.90. The first kappa shape index (κ1) is 30.9. The number of carboxylic acids is 1. The van der Waals surface area contributed by atoms with E-state index >= 15 is 0 Å².